The standard InChI is InChI=1S/C16H26N2OS/c1-16(2,3)17-9-12-13(10-5-6-10)18-15(20-12)14(19-4)11-7-8-11/h10-11,14,17H,5-9H2,1-4H3. The predicted molar refractivity (Wildman–Crippen MR) is 83.2 cm³/mol. The molecule has 2 saturated carbocycles. The van der Waals surface area contributed by atoms with Gasteiger partial charge in [-0.1, -0.05) is 0 Å². The second-order valence-electron chi connectivity index (χ2n) is 7.23. The highest BCUT2D eigenvalue weighted by atomic mass is 32.1. The third-order valence-corrected chi connectivity index (χ3v) is 5.17. The molecule has 0 spiro atoms. The van der Waals surface area contributed by atoms with Crippen molar-refractivity contribution in [1.29, 1.82) is 0 Å². The van der Waals surface area contributed by atoms with Crippen LogP contribution >= 0.6 is 11.3 Å². The summed E-state index contributed by atoms with van der Waals surface area (Å²) < 4.78 is 5.70. The van der Waals surface area contributed by atoms with Crippen molar-refractivity contribution < 1.29 is 4.74 Å². The minimum Gasteiger partial charge on any atom is -0.374 e. The zero-order valence-corrected chi connectivity index (χ0v) is 13.8. The van der Waals surface area contributed by atoms with Gasteiger partial charge in [-0.15, -0.1) is 11.3 Å². The number of aromatic nitrogens is 1. The largest absolute Gasteiger partial charge is 0.374 e. The Balaban J connectivity index is 1.78. The molecule has 1 aromatic heterocycles. The molecule has 0 saturated heterocycles. The first-order valence-corrected chi connectivity index (χ1v) is 8.57. The van der Waals surface area contributed by atoms with E-state index in [0.29, 0.717) is 11.8 Å². The molecule has 0 bridgehead atoms. The van der Waals surface area contributed by atoms with E-state index in [-0.39, 0.29) is 11.6 Å². The van der Waals surface area contributed by atoms with E-state index in [0.717, 1.165) is 6.54 Å². The molecule has 4 heteroatoms. The van der Waals surface area contributed by atoms with E-state index in [1.165, 1.54) is 41.3 Å². The number of hydrogen-bond acceptors (Lipinski definition) is 4. The van der Waals surface area contributed by atoms with Crippen LogP contribution in [0.1, 0.15) is 74.1 Å². The minimum absolute atomic E-state index is 0.155. The fraction of sp³-hybridized carbons (Fsp3) is 0.812. The number of thiazole rings is 1. The van der Waals surface area contributed by atoms with E-state index in [1.807, 2.05) is 18.4 Å². The van der Waals surface area contributed by atoms with Gasteiger partial charge in [0.2, 0.25) is 0 Å². The first kappa shape index (κ1) is 14.5. The average Bonchev–Trinajstić information content (AvgIpc) is 3.26. The van der Waals surface area contributed by atoms with Crippen molar-refractivity contribution in [3.63, 3.8) is 0 Å². The Kier molecular flexibility index (Phi) is 3.91. The molecule has 0 amide bonds. The Morgan fingerprint density at radius 1 is 1.30 bits per heavy atom. The van der Waals surface area contributed by atoms with Gasteiger partial charge in [0, 0.05) is 30.0 Å². The zero-order chi connectivity index (χ0) is 14.3. The lowest BCUT2D eigenvalue weighted by molar-refractivity contribution is 0.0842. The number of nitrogens with one attached hydrogen (secondary N) is 1. The Bertz CT molecular complexity index is 469. The third-order valence-electron chi connectivity index (χ3n) is 4.03. The monoisotopic (exact) mass is 294 g/mol. The quantitative estimate of drug-likeness (QED) is 0.861. The maximum Gasteiger partial charge on any atom is 0.122 e. The van der Waals surface area contributed by atoms with Gasteiger partial charge >= 0.3 is 0 Å². The summed E-state index contributed by atoms with van der Waals surface area (Å²) >= 11 is 1.87. The van der Waals surface area contributed by atoms with E-state index in [2.05, 4.69) is 26.1 Å². The highest BCUT2D eigenvalue weighted by Gasteiger charge is 2.37. The molecule has 112 valence electrons. The van der Waals surface area contributed by atoms with Crippen molar-refractivity contribution in [1.82, 2.24) is 10.3 Å². The van der Waals surface area contributed by atoms with Crippen LogP contribution in [0, 0.1) is 5.92 Å². The van der Waals surface area contributed by atoms with Crippen LogP contribution in [0.5, 0.6) is 0 Å². The molecule has 0 radical (unpaired) electrons. The molecule has 3 nitrogen and oxygen atoms in total. The van der Waals surface area contributed by atoms with Crippen LogP contribution in [-0.2, 0) is 11.3 Å². The lowest BCUT2D eigenvalue weighted by atomic mass is 10.1. The molecule has 20 heavy (non-hydrogen) atoms. The lowest BCUT2D eigenvalue weighted by Crippen LogP contribution is -2.35. The van der Waals surface area contributed by atoms with Crippen molar-refractivity contribution in [3.05, 3.63) is 15.6 Å². The molecule has 3 rings (SSSR count). The summed E-state index contributed by atoms with van der Waals surface area (Å²) in [6.45, 7) is 7.59. The molecular formula is C16H26N2OS. The van der Waals surface area contributed by atoms with Crippen molar-refractivity contribution in [2.45, 2.75) is 70.6 Å². The summed E-state index contributed by atoms with van der Waals surface area (Å²) in [4.78, 5) is 6.39. The molecule has 1 atom stereocenters. The summed E-state index contributed by atoms with van der Waals surface area (Å²) in [5, 5.41) is 4.82. The van der Waals surface area contributed by atoms with Gasteiger partial charge in [0.25, 0.3) is 0 Å². The van der Waals surface area contributed by atoms with Crippen LogP contribution in [-0.4, -0.2) is 17.6 Å². The summed E-state index contributed by atoms with van der Waals surface area (Å²) in [5.74, 6) is 1.43. The van der Waals surface area contributed by atoms with Crippen LogP contribution < -0.4 is 5.32 Å². The first-order valence-electron chi connectivity index (χ1n) is 7.75. The Labute approximate surface area is 126 Å². The molecular weight excluding hydrogens is 268 g/mol. The van der Waals surface area contributed by atoms with Crippen LogP contribution in [0.2, 0.25) is 0 Å². The van der Waals surface area contributed by atoms with Crippen molar-refractivity contribution in [2.75, 3.05) is 7.11 Å². The molecule has 1 aromatic rings. The molecule has 2 aliphatic rings. The minimum atomic E-state index is 0.155. The van der Waals surface area contributed by atoms with Gasteiger partial charge in [0.05, 0.1) is 5.69 Å². The average molecular weight is 294 g/mol. The fourth-order valence-corrected chi connectivity index (χ4v) is 3.81. The first-order chi connectivity index (χ1) is 9.48. The topological polar surface area (TPSA) is 34.1 Å². The molecule has 1 unspecified atom stereocenters. The predicted octanol–water partition coefficient (Wildman–Crippen LogP) is 4.01. The number of hydrogen-bond donors (Lipinski definition) is 1. The van der Waals surface area contributed by atoms with Crippen molar-refractivity contribution >= 4 is 11.3 Å². The van der Waals surface area contributed by atoms with E-state index in [1.54, 1.807) is 0 Å². The molecule has 0 aliphatic heterocycles. The van der Waals surface area contributed by atoms with E-state index >= 15 is 0 Å². The maximum atomic E-state index is 5.70. The molecule has 2 fully saturated rings. The van der Waals surface area contributed by atoms with E-state index in [4.69, 9.17) is 9.72 Å². The van der Waals surface area contributed by atoms with Crippen LogP contribution in [0.15, 0.2) is 0 Å². The molecule has 0 aromatic carbocycles. The zero-order valence-electron chi connectivity index (χ0n) is 13.0. The summed E-state index contributed by atoms with van der Waals surface area (Å²) in [5.41, 5.74) is 1.51. The summed E-state index contributed by atoms with van der Waals surface area (Å²) in [6.07, 6.45) is 5.46. The van der Waals surface area contributed by atoms with Gasteiger partial charge in [0.1, 0.15) is 11.1 Å². The highest BCUT2D eigenvalue weighted by Crippen LogP contribution is 2.48. The van der Waals surface area contributed by atoms with Gasteiger partial charge in [-0.3, -0.25) is 0 Å². The number of ether oxygens (including phenoxy) is 1. The highest BCUT2D eigenvalue weighted by molar-refractivity contribution is 7.11. The fourth-order valence-electron chi connectivity index (χ4n) is 2.55. The van der Waals surface area contributed by atoms with Gasteiger partial charge < -0.3 is 10.1 Å². The second kappa shape index (κ2) is 5.39. The van der Waals surface area contributed by atoms with Crippen molar-refractivity contribution in [3.8, 4) is 0 Å². The number of nitrogens with zero attached hydrogens (tertiary/aromatic N) is 1. The van der Waals surface area contributed by atoms with Crippen LogP contribution in [0.3, 0.4) is 0 Å². The number of methoxy groups -OCH3 is 1. The maximum absolute atomic E-state index is 5.70. The van der Waals surface area contributed by atoms with Gasteiger partial charge in [-0.05, 0) is 52.4 Å². The summed E-state index contributed by atoms with van der Waals surface area (Å²) in [6, 6.07) is 0. The number of rotatable bonds is 6. The smallest absolute Gasteiger partial charge is 0.122 e. The SMILES string of the molecule is COC(c1nc(C2CC2)c(CNC(C)(C)C)s1)C1CC1. The Hall–Kier alpha value is -0.450. The Morgan fingerprint density at radius 3 is 2.50 bits per heavy atom. The second-order valence-corrected chi connectivity index (χ2v) is 8.35. The molecule has 1 heterocycles. The third kappa shape index (κ3) is 3.41. The van der Waals surface area contributed by atoms with E-state index in [9.17, 15) is 0 Å². The van der Waals surface area contributed by atoms with Gasteiger partial charge in [-0.25, -0.2) is 4.98 Å². The lowest BCUT2D eigenvalue weighted by Gasteiger charge is -2.20. The van der Waals surface area contributed by atoms with E-state index < -0.39 is 0 Å². The van der Waals surface area contributed by atoms with Gasteiger partial charge in [-0.2, -0.15) is 0 Å². The van der Waals surface area contributed by atoms with Crippen LogP contribution in [0.4, 0.5) is 0 Å². The summed E-state index contributed by atoms with van der Waals surface area (Å²) in [7, 11) is 1.83. The van der Waals surface area contributed by atoms with Crippen LogP contribution in [0.25, 0.3) is 0 Å². The molecule has 1 N–H and O–H groups in total. The van der Waals surface area contributed by atoms with Crippen molar-refractivity contribution in [2.24, 2.45) is 5.92 Å². The van der Waals surface area contributed by atoms with Gasteiger partial charge in [0.15, 0.2) is 0 Å². The normalized spacial score (nSPS) is 21.2. The Morgan fingerprint density at radius 2 is 2.00 bits per heavy atom. The molecule has 2 aliphatic carbocycles.